The minimum atomic E-state index is -0.412. The zero-order valence-corrected chi connectivity index (χ0v) is 26.7. The Morgan fingerprint density at radius 1 is 0.822 bits per heavy atom. The van der Waals surface area contributed by atoms with Gasteiger partial charge in [0.2, 0.25) is 0 Å². The summed E-state index contributed by atoms with van der Waals surface area (Å²) in [5.74, 6) is 1.30. The summed E-state index contributed by atoms with van der Waals surface area (Å²) >= 11 is 12.4. The molecule has 1 aromatic heterocycles. The van der Waals surface area contributed by atoms with Crippen LogP contribution in [0.25, 0.3) is 10.9 Å². The zero-order chi connectivity index (χ0) is 30.8. The van der Waals surface area contributed by atoms with Gasteiger partial charge in [0.05, 0.1) is 13.2 Å². The highest BCUT2D eigenvalue weighted by atomic mass is 35.5. The normalized spacial score (nSPS) is 19.9. The second-order valence-electron chi connectivity index (χ2n) is 12.1. The Kier molecular flexibility index (Phi) is 9.19. The van der Waals surface area contributed by atoms with Crippen LogP contribution >= 0.6 is 23.2 Å². The minimum Gasteiger partial charge on any atom is -0.490 e. The van der Waals surface area contributed by atoms with Gasteiger partial charge in [0, 0.05) is 72.5 Å². The van der Waals surface area contributed by atoms with Gasteiger partial charge in [-0.25, -0.2) is 4.79 Å². The van der Waals surface area contributed by atoms with Gasteiger partial charge < -0.3 is 24.1 Å². The number of fused-ring (bicyclic) bond motifs is 3. The Labute approximate surface area is 273 Å². The van der Waals surface area contributed by atoms with Crippen molar-refractivity contribution in [2.75, 3.05) is 59.0 Å². The van der Waals surface area contributed by atoms with Crippen molar-refractivity contribution in [1.82, 2.24) is 19.7 Å². The van der Waals surface area contributed by atoms with E-state index in [4.69, 9.17) is 37.4 Å². The number of aromatic amines is 1. The summed E-state index contributed by atoms with van der Waals surface area (Å²) in [5, 5.41) is 2.36. The summed E-state index contributed by atoms with van der Waals surface area (Å²) in [7, 11) is 0. The van der Waals surface area contributed by atoms with E-state index >= 15 is 0 Å². The number of nitrogens with zero attached hydrogens (tertiary/aromatic N) is 3. The average Bonchev–Trinajstić information content (AvgIpc) is 3.44. The van der Waals surface area contributed by atoms with E-state index in [1.165, 1.54) is 5.56 Å². The second kappa shape index (κ2) is 13.6. The van der Waals surface area contributed by atoms with Crippen LogP contribution in [0.15, 0.2) is 66.7 Å². The van der Waals surface area contributed by atoms with Gasteiger partial charge >= 0.3 is 6.09 Å². The van der Waals surface area contributed by atoms with Crippen LogP contribution in [0.3, 0.4) is 0 Å². The fourth-order valence-corrected chi connectivity index (χ4v) is 7.04. The lowest BCUT2D eigenvalue weighted by Gasteiger charge is -2.35. The number of likely N-dealkylation sites (tertiary alicyclic amines) is 1. The number of halogens is 2. The molecule has 0 aliphatic carbocycles. The predicted octanol–water partition coefficient (Wildman–Crippen LogP) is 6.80. The highest BCUT2D eigenvalue weighted by molar-refractivity contribution is 6.31. The highest BCUT2D eigenvalue weighted by Gasteiger charge is 2.36. The van der Waals surface area contributed by atoms with E-state index in [0.29, 0.717) is 28.8 Å². The van der Waals surface area contributed by atoms with E-state index in [1.54, 1.807) is 29.2 Å². The molecule has 8 nitrogen and oxygen atoms in total. The van der Waals surface area contributed by atoms with Crippen molar-refractivity contribution in [3.8, 4) is 11.5 Å². The lowest BCUT2D eigenvalue weighted by atomic mass is 9.92. The number of rotatable bonds is 7. The number of morpholine rings is 1. The molecule has 10 heteroatoms. The molecule has 236 valence electrons. The summed E-state index contributed by atoms with van der Waals surface area (Å²) in [6, 6.07) is 20.5. The summed E-state index contributed by atoms with van der Waals surface area (Å²) in [4.78, 5) is 24.0. The van der Waals surface area contributed by atoms with Crippen LogP contribution < -0.4 is 9.47 Å². The van der Waals surface area contributed by atoms with Crippen LogP contribution in [0, 0.1) is 0 Å². The summed E-state index contributed by atoms with van der Waals surface area (Å²) < 4.78 is 17.7. The minimum absolute atomic E-state index is 0.195. The lowest BCUT2D eigenvalue weighted by molar-refractivity contribution is 0.0289. The van der Waals surface area contributed by atoms with Gasteiger partial charge in [-0.2, -0.15) is 0 Å². The molecule has 1 unspecified atom stereocenters. The van der Waals surface area contributed by atoms with Crippen LogP contribution in [0.4, 0.5) is 4.79 Å². The van der Waals surface area contributed by atoms with Crippen LogP contribution in [0.2, 0.25) is 10.0 Å². The summed E-state index contributed by atoms with van der Waals surface area (Å²) in [5.41, 5.74) is 4.13. The van der Waals surface area contributed by atoms with Crippen molar-refractivity contribution in [3.63, 3.8) is 0 Å². The maximum atomic E-state index is 13.6. The van der Waals surface area contributed by atoms with Gasteiger partial charge in [-0.15, -0.1) is 0 Å². The van der Waals surface area contributed by atoms with Crippen LogP contribution in [0.1, 0.15) is 35.7 Å². The molecule has 2 saturated heterocycles. The van der Waals surface area contributed by atoms with E-state index in [0.717, 1.165) is 93.2 Å². The Morgan fingerprint density at radius 3 is 2.22 bits per heavy atom. The van der Waals surface area contributed by atoms with Gasteiger partial charge in [-0.05, 0) is 85.0 Å². The number of benzene rings is 3. The first kappa shape index (κ1) is 30.4. The number of carbonyl (C=O) groups is 1. The van der Waals surface area contributed by atoms with Gasteiger partial charge in [0.1, 0.15) is 23.6 Å². The van der Waals surface area contributed by atoms with Crippen molar-refractivity contribution in [1.29, 1.82) is 0 Å². The molecular weight excluding hydrogens is 611 g/mol. The SMILES string of the molecule is O=C(Oc1ccc(Cl)cc1)N1CCc2c([nH]c3ccc(Cl)cc23)C1c1ccc(OC2CCN(CCN3CCOCC3)CC2)cc1. The first-order valence-electron chi connectivity index (χ1n) is 15.8. The first-order valence-corrected chi connectivity index (χ1v) is 16.6. The fraction of sp³-hybridized carbons (Fsp3) is 0.400. The molecule has 0 saturated carbocycles. The number of ether oxygens (including phenoxy) is 3. The number of nitrogens with one attached hydrogen (secondary N) is 1. The number of aromatic nitrogens is 1. The third-order valence-electron chi connectivity index (χ3n) is 9.21. The topological polar surface area (TPSA) is 70.3 Å². The van der Waals surface area contributed by atoms with Crippen molar-refractivity contribution in [2.45, 2.75) is 31.4 Å². The molecule has 4 aromatic rings. The van der Waals surface area contributed by atoms with Crippen molar-refractivity contribution >= 4 is 40.2 Å². The van der Waals surface area contributed by atoms with E-state index in [9.17, 15) is 4.79 Å². The van der Waals surface area contributed by atoms with Crippen molar-refractivity contribution in [2.24, 2.45) is 0 Å². The van der Waals surface area contributed by atoms with E-state index in [2.05, 4.69) is 26.9 Å². The number of H-pyrrole nitrogens is 1. The Morgan fingerprint density at radius 2 is 1.49 bits per heavy atom. The van der Waals surface area contributed by atoms with Crippen molar-refractivity contribution < 1.29 is 19.0 Å². The van der Waals surface area contributed by atoms with Gasteiger partial charge in [0.25, 0.3) is 0 Å². The van der Waals surface area contributed by atoms with Gasteiger partial charge in [-0.3, -0.25) is 9.80 Å². The Balaban J connectivity index is 1.05. The molecule has 45 heavy (non-hydrogen) atoms. The zero-order valence-electron chi connectivity index (χ0n) is 25.2. The lowest BCUT2D eigenvalue weighted by Crippen LogP contribution is -2.44. The molecule has 3 aliphatic heterocycles. The maximum absolute atomic E-state index is 13.6. The number of hydrogen-bond acceptors (Lipinski definition) is 6. The Bertz CT molecular complexity index is 1610. The summed E-state index contributed by atoms with van der Waals surface area (Å²) in [6.45, 7) is 8.57. The van der Waals surface area contributed by atoms with Crippen molar-refractivity contribution in [3.05, 3.63) is 93.6 Å². The third-order valence-corrected chi connectivity index (χ3v) is 9.70. The highest BCUT2D eigenvalue weighted by Crippen LogP contribution is 2.40. The largest absolute Gasteiger partial charge is 0.490 e. The number of hydrogen-bond donors (Lipinski definition) is 1. The molecule has 0 bridgehead atoms. The quantitative estimate of drug-likeness (QED) is 0.238. The Hall–Kier alpha value is -3.27. The molecule has 1 N–H and O–H groups in total. The molecule has 2 fully saturated rings. The fourth-order valence-electron chi connectivity index (χ4n) is 6.75. The molecular formula is C35H38Cl2N4O4. The molecule has 3 aromatic carbocycles. The van der Waals surface area contributed by atoms with Crippen LogP contribution in [0.5, 0.6) is 11.5 Å². The molecule has 1 amide bonds. The molecule has 4 heterocycles. The monoisotopic (exact) mass is 648 g/mol. The summed E-state index contributed by atoms with van der Waals surface area (Å²) in [6.07, 6.45) is 2.50. The molecule has 0 radical (unpaired) electrons. The maximum Gasteiger partial charge on any atom is 0.416 e. The number of piperidine rings is 1. The number of carbonyl (C=O) groups excluding carboxylic acids is 1. The first-order chi connectivity index (χ1) is 22.0. The standard InChI is InChI=1S/C35H38Cl2N4O4/c36-25-3-8-28(9-4-25)45-35(42)41-16-13-30-31-23-26(37)5-10-32(31)38-33(30)34(41)24-1-6-27(7-2-24)44-29-11-14-39(15-12-29)17-18-40-19-21-43-22-20-40/h1-10,23,29,34,38H,11-22H2. The van der Waals surface area contributed by atoms with E-state index in [-0.39, 0.29) is 12.1 Å². The van der Waals surface area contributed by atoms with Crippen LogP contribution in [-0.4, -0.2) is 90.9 Å². The predicted molar refractivity (Wildman–Crippen MR) is 177 cm³/mol. The average molecular weight is 650 g/mol. The van der Waals surface area contributed by atoms with Crippen LogP contribution in [-0.2, 0) is 11.2 Å². The number of amides is 1. The second-order valence-corrected chi connectivity index (χ2v) is 12.9. The van der Waals surface area contributed by atoms with E-state index in [1.807, 2.05) is 30.3 Å². The van der Waals surface area contributed by atoms with Gasteiger partial charge in [-0.1, -0.05) is 35.3 Å². The van der Waals surface area contributed by atoms with E-state index < -0.39 is 6.09 Å². The molecule has 1 atom stereocenters. The third kappa shape index (κ3) is 6.95. The molecule has 3 aliphatic rings. The molecule has 7 rings (SSSR count). The molecule has 0 spiro atoms. The van der Waals surface area contributed by atoms with Gasteiger partial charge in [0.15, 0.2) is 0 Å². The smallest absolute Gasteiger partial charge is 0.416 e.